The predicted octanol–water partition coefficient (Wildman–Crippen LogP) is 3.73. The monoisotopic (exact) mass is 405 g/mol. The Labute approximate surface area is 173 Å². The Balaban J connectivity index is 1.75. The second kappa shape index (κ2) is 9.13. The number of hydrogen-bond acceptors (Lipinski definition) is 5. The molecule has 0 unspecified atom stereocenters. The van der Waals surface area contributed by atoms with Crippen LogP contribution in [0.5, 0.6) is 0 Å². The molecule has 0 saturated carbocycles. The number of thiazole rings is 1. The fourth-order valence-electron chi connectivity index (χ4n) is 3.63. The van der Waals surface area contributed by atoms with Crippen LogP contribution in [0.1, 0.15) is 29.3 Å². The minimum absolute atomic E-state index is 0.00698. The first kappa shape index (κ1) is 19.5. The van der Waals surface area contributed by atoms with Crippen LogP contribution in [0.15, 0.2) is 83.1 Å². The normalized spacial score (nSPS) is 11.6. The molecule has 148 valence electrons. The minimum Gasteiger partial charge on any atom is -0.396 e. The van der Waals surface area contributed by atoms with Crippen molar-refractivity contribution in [3.63, 3.8) is 0 Å². The lowest BCUT2D eigenvalue weighted by Gasteiger charge is -2.32. The Bertz CT molecular complexity index is 1070. The van der Waals surface area contributed by atoms with Gasteiger partial charge in [0, 0.05) is 37.3 Å². The van der Waals surface area contributed by atoms with Gasteiger partial charge in [0.2, 0.25) is 0 Å². The molecule has 2 aromatic carbocycles. The van der Waals surface area contributed by atoms with Gasteiger partial charge < -0.3 is 5.11 Å². The average Bonchev–Trinajstić information content (AvgIpc) is 3.23. The highest BCUT2D eigenvalue weighted by Crippen LogP contribution is 2.30. The van der Waals surface area contributed by atoms with Crippen LogP contribution in [0.25, 0.3) is 4.96 Å². The summed E-state index contributed by atoms with van der Waals surface area (Å²) < 4.78 is 1.57. The van der Waals surface area contributed by atoms with E-state index in [4.69, 9.17) is 4.98 Å². The van der Waals surface area contributed by atoms with Crippen molar-refractivity contribution in [2.45, 2.75) is 19.0 Å². The molecule has 0 amide bonds. The van der Waals surface area contributed by atoms with Gasteiger partial charge >= 0.3 is 0 Å². The van der Waals surface area contributed by atoms with Crippen molar-refractivity contribution in [2.75, 3.05) is 13.2 Å². The number of nitrogens with zero attached hydrogens (tertiary/aromatic N) is 3. The van der Waals surface area contributed by atoms with E-state index < -0.39 is 0 Å². The van der Waals surface area contributed by atoms with Crippen LogP contribution in [0.3, 0.4) is 0 Å². The molecule has 4 aromatic rings. The second-order valence-electron chi connectivity index (χ2n) is 6.91. The van der Waals surface area contributed by atoms with Gasteiger partial charge in [0.1, 0.15) is 0 Å². The molecule has 2 heterocycles. The number of aliphatic hydroxyl groups excluding tert-OH is 1. The fourth-order valence-corrected chi connectivity index (χ4v) is 4.37. The molecular formula is C23H23N3O2S. The van der Waals surface area contributed by atoms with Gasteiger partial charge in [-0.3, -0.25) is 14.1 Å². The number of rotatable bonds is 8. The van der Waals surface area contributed by atoms with E-state index in [0.29, 0.717) is 24.5 Å². The zero-order valence-electron chi connectivity index (χ0n) is 16.0. The lowest BCUT2D eigenvalue weighted by atomic mass is 9.96. The Morgan fingerprint density at radius 3 is 2.31 bits per heavy atom. The number of fused-ring (bicyclic) bond motifs is 1. The molecule has 0 aliphatic carbocycles. The quantitative estimate of drug-likeness (QED) is 0.485. The highest BCUT2D eigenvalue weighted by molar-refractivity contribution is 7.15. The molecule has 0 bridgehead atoms. The van der Waals surface area contributed by atoms with Gasteiger partial charge in [-0.2, -0.15) is 0 Å². The number of hydrogen-bond donors (Lipinski definition) is 1. The zero-order chi connectivity index (χ0) is 20.1. The van der Waals surface area contributed by atoms with Crippen molar-refractivity contribution >= 4 is 16.3 Å². The van der Waals surface area contributed by atoms with Crippen LogP contribution in [0.2, 0.25) is 0 Å². The van der Waals surface area contributed by atoms with Crippen LogP contribution >= 0.6 is 11.3 Å². The molecule has 2 aromatic heterocycles. The third-order valence-electron chi connectivity index (χ3n) is 4.92. The van der Waals surface area contributed by atoms with E-state index in [2.05, 4.69) is 29.2 Å². The topological polar surface area (TPSA) is 57.8 Å². The van der Waals surface area contributed by atoms with Gasteiger partial charge in [-0.25, -0.2) is 4.98 Å². The van der Waals surface area contributed by atoms with E-state index in [9.17, 15) is 9.90 Å². The van der Waals surface area contributed by atoms with Gasteiger partial charge in [0.25, 0.3) is 5.56 Å². The molecule has 1 N–H and O–H groups in total. The van der Waals surface area contributed by atoms with Gasteiger partial charge in [0.05, 0.1) is 11.7 Å². The van der Waals surface area contributed by atoms with Crippen molar-refractivity contribution in [3.05, 3.63) is 105 Å². The van der Waals surface area contributed by atoms with Gasteiger partial charge in [0.15, 0.2) is 4.96 Å². The highest BCUT2D eigenvalue weighted by Gasteiger charge is 2.23. The second-order valence-corrected chi connectivity index (χ2v) is 7.79. The predicted molar refractivity (Wildman–Crippen MR) is 116 cm³/mol. The molecule has 0 aliphatic heterocycles. The van der Waals surface area contributed by atoms with E-state index in [1.54, 1.807) is 16.7 Å². The van der Waals surface area contributed by atoms with Gasteiger partial charge in [-0.1, -0.05) is 60.7 Å². The summed E-state index contributed by atoms with van der Waals surface area (Å²) in [5.74, 6) is 0. The van der Waals surface area contributed by atoms with Crippen molar-refractivity contribution in [2.24, 2.45) is 0 Å². The van der Waals surface area contributed by atoms with E-state index in [-0.39, 0.29) is 18.2 Å². The van der Waals surface area contributed by atoms with Crippen molar-refractivity contribution in [3.8, 4) is 0 Å². The summed E-state index contributed by atoms with van der Waals surface area (Å²) >= 11 is 1.46. The van der Waals surface area contributed by atoms with E-state index in [1.807, 2.05) is 41.8 Å². The molecular weight excluding hydrogens is 382 g/mol. The summed E-state index contributed by atoms with van der Waals surface area (Å²) in [4.78, 5) is 20.1. The smallest absolute Gasteiger partial charge is 0.258 e. The summed E-state index contributed by atoms with van der Waals surface area (Å²) in [5, 5.41) is 11.3. The zero-order valence-corrected chi connectivity index (χ0v) is 16.8. The summed E-state index contributed by atoms with van der Waals surface area (Å²) in [6, 6.07) is 22.3. The Morgan fingerprint density at radius 1 is 1.03 bits per heavy atom. The first-order valence-corrected chi connectivity index (χ1v) is 10.5. The molecule has 5 nitrogen and oxygen atoms in total. The average molecular weight is 406 g/mol. The maximum atomic E-state index is 12.4. The molecule has 4 rings (SSSR count). The van der Waals surface area contributed by atoms with E-state index in [1.165, 1.54) is 22.5 Å². The first-order valence-electron chi connectivity index (χ1n) is 9.67. The first-order chi connectivity index (χ1) is 14.3. The molecule has 0 radical (unpaired) electrons. The summed E-state index contributed by atoms with van der Waals surface area (Å²) in [6.07, 6.45) is 2.40. The van der Waals surface area contributed by atoms with Crippen LogP contribution in [0.4, 0.5) is 0 Å². The summed E-state index contributed by atoms with van der Waals surface area (Å²) in [6.45, 7) is 1.33. The molecule has 0 aliphatic rings. The third kappa shape index (κ3) is 4.45. The highest BCUT2D eigenvalue weighted by atomic mass is 32.1. The molecule has 0 saturated heterocycles. The van der Waals surface area contributed by atoms with Crippen LogP contribution < -0.4 is 5.56 Å². The van der Waals surface area contributed by atoms with Crippen molar-refractivity contribution in [1.82, 2.24) is 14.3 Å². The number of benzene rings is 2. The van der Waals surface area contributed by atoms with Gasteiger partial charge in [-0.05, 0) is 17.5 Å². The molecule has 29 heavy (non-hydrogen) atoms. The lowest BCUT2D eigenvalue weighted by molar-refractivity contribution is 0.185. The molecule has 0 fully saturated rings. The fraction of sp³-hybridized carbons (Fsp3) is 0.217. The van der Waals surface area contributed by atoms with Crippen LogP contribution in [0, 0.1) is 0 Å². The SMILES string of the molecule is O=c1cc(CN(CCCO)C(c2ccccc2)c2ccccc2)nc2sccn12. The molecule has 0 spiro atoms. The van der Waals surface area contributed by atoms with Crippen LogP contribution in [-0.4, -0.2) is 32.5 Å². The van der Waals surface area contributed by atoms with E-state index in [0.717, 1.165) is 5.69 Å². The molecule has 6 heteroatoms. The Hall–Kier alpha value is -2.80. The maximum Gasteiger partial charge on any atom is 0.258 e. The van der Waals surface area contributed by atoms with Crippen molar-refractivity contribution in [1.29, 1.82) is 0 Å². The minimum atomic E-state index is -0.0654. The van der Waals surface area contributed by atoms with Crippen LogP contribution in [-0.2, 0) is 6.54 Å². The summed E-state index contributed by atoms with van der Waals surface area (Å²) in [5.41, 5.74) is 3.02. The maximum absolute atomic E-state index is 12.4. The lowest BCUT2D eigenvalue weighted by Crippen LogP contribution is -2.32. The standard InChI is InChI=1S/C23H23N3O2S/c27-14-7-12-25(17-20-16-21(28)26-13-15-29-23(26)24-20)22(18-8-3-1-4-9-18)19-10-5-2-6-11-19/h1-6,8-11,13,15-16,22,27H,7,12,14,17H2. The largest absolute Gasteiger partial charge is 0.396 e. The number of aliphatic hydroxyl groups is 1. The summed E-state index contributed by atoms with van der Waals surface area (Å²) in [7, 11) is 0. The third-order valence-corrected chi connectivity index (χ3v) is 5.68. The number of aromatic nitrogens is 2. The van der Waals surface area contributed by atoms with Crippen molar-refractivity contribution < 1.29 is 5.11 Å². The Morgan fingerprint density at radius 2 is 1.69 bits per heavy atom. The molecule has 0 atom stereocenters. The van der Waals surface area contributed by atoms with Gasteiger partial charge in [-0.15, -0.1) is 11.3 Å². The van der Waals surface area contributed by atoms with E-state index >= 15 is 0 Å². The Kier molecular flexibility index (Phi) is 6.14.